The Bertz CT molecular complexity index is 482. The fourth-order valence-electron chi connectivity index (χ4n) is 2.09. The van der Waals surface area contributed by atoms with Gasteiger partial charge in [-0.2, -0.15) is 0 Å². The molecule has 2 rings (SSSR count). The van der Waals surface area contributed by atoms with Crippen molar-refractivity contribution in [1.29, 1.82) is 0 Å². The Kier molecular flexibility index (Phi) is 5.93. The second kappa shape index (κ2) is 7.98. The Morgan fingerprint density at radius 1 is 0.842 bits per heavy atom. The van der Waals surface area contributed by atoms with Crippen molar-refractivity contribution in [3.63, 3.8) is 0 Å². The first-order chi connectivity index (χ1) is 9.36. The van der Waals surface area contributed by atoms with Crippen molar-refractivity contribution in [1.82, 2.24) is 5.32 Å². The Morgan fingerprint density at radius 2 is 1.58 bits per heavy atom. The van der Waals surface area contributed by atoms with E-state index >= 15 is 0 Å². The molecule has 0 radical (unpaired) electrons. The summed E-state index contributed by atoms with van der Waals surface area (Å²) >= 11 is 6.10. The van der Waals surface area contributed by atoms with Gasteiger partial charge in [-0.3, -0.25) is 0 Å². The quantitative estimate of drug-likeness (QED) is 0.735. The van der Waals surface area contributed by atoms with Gasteiger partial charge in [-0.1, -0.05) is 60.1 Å². The third kappa shape index (κ3) is 5.06. The van der Waals surface area contributed by atoms with E-state index < -0.39 is 0 Å². The molecule has 0 bridgehead atoms. The number of rotatable bonds is 7. The van der Waals surface area contributed by atoms with E-state index in [-0.39, 0.29) is 0 Å². The number of halogens is 1. The minimum Gasteiger partial charge on any atom is -0.313 e. The molecule has 0 aromatic heterocycles. The van der Waals surface area contributed by atoms with Crippen molar-refractivity contribution < 1.29 is 0 Å². The summed E-state index contributed by atoms with van der Waals surface area (Å²) in [5.41, 5.74) is 2.60. The number of hydrogen-bond donors (Lipinski definition) is 1. The summed E-state index contributed by atoms with van der Waals surface area (Å²) in [4.78, 5) is 0. The highest BCUT2D eigenvalue weighted by Gasteiger charge is 1.97. The molecule has 0 unspecified atom stereocenters. The molecule has 0 fully saturated rings. The first-order valence-corrected chi connectivity index (χ1v) is 7.22. The topological polar surface area (TPSA) is 12.0 Å². The second-order valence-corrected chi connectivity index (χ2v) is 5.12. The van der Waals surface area contributed by atoms with Gasteiger partial charge >= 0.3 is 0 Å². The maximum atomic E-state index is 6.10. The zero-order valence-electron chi connectivity index (χ0n) is 11.1. The van der Waals surface area contributed by atoms with E-state index in [2.05, 4.69) is 41.7 Å². The van der Waals surface area contributed by atoms with Crippen molar-refractivity contribution in [2.24, 2.45) is 0 Å². The van der Waals surface area contributed by atoms with Crippen LogP contribution in [0.3, 0.4) is 0 Å². The Balaban J connectivity index is 1.59. The zero-order chi connectivity index (χ0) is 13.3. The van der Waals surface area contributed by atoms with E-state index in [9.17, 15) is 0 Å². The smallest absolute Gasteiger partial charge is 0.0450 e. The van der Waals surface area contributed by atoms with Crippen LogP contribution in [0.4, 0.5) is 0 Å². The fraction of sp³-hybridized carbons (Fsp3) is 0.294. The van der Waals surface area contributed by atoms with Crippen molar-refractivity contribution in [2.75, 3.05) is 6.54 Å². The third-order valence-electron chi connectivity index (χ3n) is 3.19. The number of hydrogen-bond acceptors (Lipinski definition) is 1. The van der Waals surface area contributed by atoms with Crippen LogP contribution in [0.25, 0.3) is 0 Å². The Hall–Kier alpha value is -1.31. The van der Waals surface area contributed by atoms with Crippen LogP contribution >= 0.6 is 11.6 Å². The number of aryl methyl sites for hydroxylation is 1. The van der Waals surface area contributed by atoms with Gasteiger partial charge in [0.1, 0.15) is 0 Å². The van der Waals surface area contributed by atoms with Crippen LogP contribution in [0.2, 0.25) is 5.02 Å². The van der Waals surface area contributed by atoms with Crippen LogP contribution < -0.4 is 5.32 Å². The van der Waals surface area contributed by atoms with Gasteiger partial charge in [-0.25, -0.2) is 0 Å². The molecule has 2 aromatic rings. The summed E-state index contributed by atoms with van der Waals surface area (Å²) in [6.45, 7) is 1.89. The van der Waals surface area contributed by atoms with Gasteiger partial charge < -0.3 is 5.32 Å². The third-order valence-corrected chi connectivity index (χ3v) is 3.55. The van der Waals surface area contributed by atoms with Crippen molar-refractivity contribution >= 4 is 11.6 Å². The lowest BCUT2D eigenvalue weighted by Gasteiger charge is -2.06. The minimum absolute atomic E-state index is 0.847. The summed E-state index contributed by atoms with van der Waals surface area (Å²) in [7, 11) is 0. The molecule has 0 aliphatic rings. The predicted octanol–water partition coefficient (Wildman–Crippen LogP) is 4.45. The van der Waals surface area contributed by atoms with Crippen molar-refractivity contribution in [3.05, 3.63) is 70.7 Å². The SMILES string of the molecule is Clc1ccccc1CNCCCCc1ccccc1. The molecule has 0 amide bonds. The summed E-state index contributed by atoms with van der Waals surface area (Å²) in [5.74, 6) is 0. The molecule has 0 aliphatic carbocycles. The van der Waals surface area contributed by atoms with Gasteiger partial charge in [0.25, 0.3) is 0 Å². The second-order valence-electron chi connectivity index (χ2n) is 4.71. The van der Waals surface area contributed by atoms with E-state index in [0.29, 0.717) is 0 Å². The van der Waals surface area contributed by atoms with Gasteiger partial charge in [0, 0.05) is 11.6 Å². The summed E-state index contributed by atoms with van der Waals surface area (Å²) in [5, 5.41) is 4.29. The van der Waals surface area contributed by atoms with Crippen LogP contribution in [0.15, 0.2) is 54.6 Å². The monoisotopic (exact) mass is 273 g/mol. The van der Waals surface area contributed by atoms with Crippen LogP contribution in [0, 0.1) is 0 Å². The molecule has 0 saturated carbocycles. The molecule has 0 saturated heterocycles. The number of unbranched alkanes of at least 4 members (excludes halogenated alkanes) is 1. The highest BCUT2D eigenvalue weighted by molar-refractivity contribution is 6.31. The maximum Gasteiger partial charge on any atom is 0.0450 e. The largest absolute Gasteiger partial charge is 0.313 e. The van der Waals surface area contributed by atoms with E-state index in [1.165, 1.54) is 24.0 Å². The predicted molar refractivity (Wildman–Crippen MR) is 82.5 cm³/mol. The molecule has 1 nitrogen and oxygen atoms in total. The maximum absolute atomic E-state index is 6.10. The molecule has 2 heteroatoms. The molecule has 2 aromatic carbocycles. The molecular weight excluding hydrogens is 254 g/mol. The van der Waals surface area contributed by atoms with Gasteiger partial charge in [-0.05, 0) is 43.0 Å². The highest BCUT2D eigenvalue weighted by atomic mass is 35.5. The molecule has 0 aliphatic heterocycles. The lowest BCUT2D eigenvalue weighted by molar-refractivity contribution is 0.623. The Morgan fingerprint density at radius 3 is 2.37 bits per heavy atom. The zero-order valence-corrected chi connectivity index (χ0v) is 11.9. The van der Waals surface area contributed by atoms with E-state index in [1.54, 1.807) is 0 Å². The van der Waals surface area contributed by atoms with Crippen LogP contribution in [0.5, 0.6) is 0 Å². The van der Waals surface area contributed by atoms with Crippen LogP contribution in [0.1, 0.15) is 24.0 Å². The summed E-state index contributed by atoms with van der Waals surface area (Å²) in [6, 6.07) is 18.6. The van der Waals surface area contributed by atoms with Crippen molar-refractivity contribution in [2.45, 2.75) is 25.8 Å². The van der Waals surface area contributed by atoms with Gasteiger partial charge in [0.2, 0.25) is 0 Å². The molecule has 100 valence electrons. The molecule has 19 heavy (non-hydrogen) atoms. The molecule has 0 spiro atoms. The minimum atomic E-state index is 0.847. The van der Waals surface area contributed by atoms with Gasteiger partial charge in [0.15, 0.2) is 0 Å². The molecule has 0 heterocycles. The van der Waals surface area contributed by atoms with E-state index in [0.717, 1.165) is 24.5 Å². The Labute approximate surface area is 120 Å². The standard InChI is InChI=1S/C17H20ClN/c18-17-12-5-4-11-16(17)14-19-13-7-6-10-15-8-2-1-3-9-15/h1-5,8-9,11-12,19H,6-7,10,13-14H2. The number of nitrogens with one attached hydrogen (secondary N) is 1. The van der Waals surface area contributed by atoms with E-state index in [4.69, 9.17) is 11.6 Å². The van der Waals surface area contributed by atoms with E-state index in [1.807, 2.05) is 18.2 Å². The van der Waals surface area contributed by atoms with Crippen LogP contribution in [-0.2, 0) is 13.0 Å². The van der Waals surface area contributed by atoms with Crippen molar-refractivity contribution in [3.8, 4) is 0 Å². The molecule has 0 atom stereocenters. The lowest BCUT2D eigenvalue weighted by Crippen LogP contribution is -2.15. The van der Waals surface area contributed by atoms with Gasteiger partial charge in [-0.15, -0.1) is 0 Å². The average Bonchev–Trinajstić information content (AvgIpc) is 2.45. The highest BCUT2D eigenvalue weighted by Crippen LogP contribution is 2.14. The lowest BCUT2D eigenvalue weighted by atomic mass is 10.1. The first-order valence-electron chi connectivity index (χ1n) is 6.84. The normalized spacial score (nSPS) is 10.6. The first kappa shape index (κ1) is 14.1. The number of benzene rings is 2. The molecular formula is C17H20ClN. The summed E-state index contributed by atoms with van der Waals surface area (Å²) in [6.07, 6.45) is 3.58. The average molecular weight is 274 g/mol. The van der Waals surface area contributed by atoms with Crippen LogP contribution in [-0.4, -0.2) is 6.54 Å². The fourth-order valence-corrected chi connectivity index (χ4v) is 2.29. The van der Waals surface area contributed by atoms with Gasteiger partial charge in [0.05, 0.1) is 0 Å². The summed E-state index contributed by atoms with van der Waals surface area (Å²) < 4.78 is 0. The molecule has 1 N–H and O–H groups in total.